The van der Waals surface area contributed by atoms with Gasteiger partial charge in [-0.2, -0.15) is 0 Å². The zero-order chi connectivity index (χ0) is 24.7. The Morgan fingerprint density at radius 3 is 2.75 bits per heavy atom. The van der Waals surface area contributed by atoms with Gasteiger partial charge < -0.3 is 14.6 Å². The third-order valence-corrected chi connectivity index (χ3v) is 10.6. The van der Waals surface area contributed by atoms with Crippen LogP contribution in [0, 0.1) is 34.5 Å². The second-order valence-corrected chi connectivity index (χ2v) is 12.0. The summed E-state index contributed by atoms with van der Waals surface area (Å²) in [6.45, 7) is 5.42. The average molecular weight is 521 g/mol. The van der Waals surface area contributed by atoms with E-state index in [9.17, 15) is 14.7 Å². The number of carbonyl (C=O) groups excluding carboxylic acids is 2. The molecule has 0 saturated heterocycles. The van der Waals surface area contributed by atoms with Crippen molar-refractivity contribution in [3.05, 3.63) is 35.6 Å². The molecule has 0 aliphatic heterocycles. The van der Waals surface area contributed by atoms with Crippen molar-refractivity contribution in [2.75, 3.05) is 13.2 Å². The Kier molecular flexibility index (Phi) is 9.29. The number of hydrogen-bond acceptors (Lipinski definition) is 5. The minimum atomic E-state index is -1.20. The largest absolute Gasteiger partial charge is 1.00 e. The van der Waals surface area contributed by atoms with Crippen LogP contribution in [-0.4, -0.2) is 31.1 Å². The van der Waals surface area contributed by atoms with Crippen LogP contribution in [0.15, 0.2) is 35.6 Å². The maximum absolute atomic E-state index is 13.4. The van der Waals surface area contributed by atoms with E-state index in [0.717, 1.165) is 57.0 Å². The maximum atomic E-state index is 13.4. The van der Waals surface area contributed by atoms with E-state index in [0.29, 0.717) is 73.9 Å². The molecule has 5 unspecified atom stereocenters. The van der Waals surface area contributed by atoms with E-state index in [2.05, 4.69) is 6.92 Å². The molecule has 6 heteroatoms. The first-order valence-electron chi connectivity index (χ1n) is 13.9. The van der Waals surface area contributed by atoms with Gasteiger partial charge in [0.05, 0.1) is 12.4 Å². The van der Waals surface area contributed by atoms with Crippen LogP contribution in [-0.2, 0) is 19.1 Å². The molecule has 0 heterocycles. The quantitative estimate of drug-likeness (QED) is 0.292. The SMILES string of the molecule is CCOC1([O-])CC[C@@]2(C)C(CCC3C4CCC(=O)[C@@]4(CCOC4=CC=CC(C=O)=CC4)CCC32)C1.[K+]. The molecule has 0 aromatic carbocycles. The molecule has 0 aromatic heterocycles. The van der Waals surface area contributed by atoms with E-state index in [1.54, 1.807) is 6.08 Å². The standard InChI is InChI=1S/C30H41O5.K/c1-3-35-30(33)16-15-28(2)22(19-30)8-10-24-25(28)13-14-29(26(24)11-12-27(29)32)17-18-34-23-6-4-5-21(20-31)7-9-23;/h4-7,20,22,24-26H,3,8-19H2,1-2H3;/q-1;+1/t22?,24?,25?,26?,28-,29+,30?;/m0./s1. The van der Waals surface area contributed by atoms with Crippen molar-refractivity contribution in [1.29, 1.82) is 0 Å². The molecular formula is C30H41KO5. The monoisotopic (exact) mass is 520 g/mol. The predicted molar refractivity (Wildman–Crippen MR) is 132 cm³/mol. The number of carbonyl (C=O) groups is 2. The van der Waals surface area contributed by atoms with Crippen LogP contribution in [0.2, 0.25) is 0 Å². The van der Waals surface area contributed by atoms with E-state index in [-0.39, 0.29) is 62.2 Å². The van der Waals surface area contributed by atoms with Crippen LogP contribution >= 0.6 is 0 Å². The molecule has 5 rings (SSSR count). The summed E-state index contributed by atoms with van der Waals surface area (Å²) in [7, 11) is 0. The molecule has 5 nitrogen and oxygen atoms in total. The Hall–Kier alpha value is -0.0836. The molecule has 4 saturated carbocycles. The van der Waals surface area contributed by atoms with Crippen molar-refractivity contribution in [3.8, 4) is 0 Å². The van der Waals surface area contributed by atoms with Crippen LogP contribution in [0.4, 0.5) is 0 Å². The van der Waals surface area contributed by atoms with Gasteiger partial charge in [-0.1, -0.05) is 25.2 Å². The van der Waals surface area contributed by atoms with Gasteiger partial charge in [0.15, 0.2) is 0 Å². The Bertz CT molecular complexity index is 940. The fraction of sp³-hybridized carbons (Fsp3) is 0.733. The first-order chi connectivity index (χ1) is 16.8. The van der Waals surface area contributed by atoms with Gasteiger partial charge in [-0.15, -0.1) is 0 Å². The van der Waals surface area contributed by atoms with Gasteiger partial charge >= 0.3 is 51.4 Å². The molecule has 0 radical (unpaired) electrons. The van der Waals surface area contributed by atoms with Crippen molar-refractivity contribution in [2.45, 2.75) is 90.3 Å². The number of fused-ring (bicyclic) bond motifs is 5. The number of rotatable bonds is 7. The summed E-state index contributed by atoms with van der Waals surface area (Å²) in [5.41, 5.74) is 0.630. The van der Waals surface area contributed by atoms with Gasteiger partial charge in [0.2, 0.25) is 0 Å². The number of hydrogen-bond donors (Lipinski definition) is 0. The minimum Gasteiger partial charge on any atom is -0.828 e. The van der Waals surface area contributed by atoms with Crippen molar-refractivity contribution < 1.29 is 75.6 Å². The molecule has 0 spiro atoms. The molecule has 0 amide bonds. The van der Waals surface area contributed by atoms with Crippen LogP contribution in [0.1, 0.15) is 84.5 Å². The fourth-order valence-electron chi connectivity index (χ4n) is 8.81. The summed E-state index contributed by atoms with van der Waals surface area (Å²) in [5.74, 6) is 2.19. The summed E-state index contributed by atoms with van der Waals surface area (Å²) in [6, 6.07) is 0. The smallest absolute Gasteiger partial charge is 0.828 e. The summed E-state index contributed by atoms with van der Waals surface area (Å²) in [4.78, 5) is 24.4. The Morgan fingerprint density at radius 1 is 1.14 bits per heavy atom. The molecule has 192 valence electrons. The Balaban J connectivity index is 0.00000304. The van der Waals surface area contributed by atoms with Crippen LogP contribution < -0.4 is 56.5 Å². The molecule has 5 aliphatic carbocycles. The van der Waals surface area contributed by atoms with E-state index >= 15 is 0 Å². The van der Waals surface area contributed by atoms with Gasteiger partial charge in [0.1, 0.15) is 12.1 Å². The molecule has 36 heavy (non-hydrogen) atoms. The normalized spacial score (nSPS) is 41.6. The molecule has 0 N–H and O–H groups in total. The number of ketones is 1. The molecule has 5 aliphatic rings. The average Bonchev–Trinajstić information content (AvgIpc) is 3.01. The van der Waals surface area contributed by atoms with Gasteiger partial charge in [0.25, 0.3) is 0 Å². The van der Waals surface area contributed by atoms with Crippen molar-refractivity contribution >= 4 is 12.1 Å². The number of allylic oxidation sites excluding steroid dienone is 5. The first-order valence-corrected chi connectivity index (χ1v) is 13.9. The van der Waals surface area contributed by atoms with E-state index in [4.69, 9.17) is 9.47 Å². The van der Waals surface area contributed by atoms with Crippen molar-refractivity contribution in [2.24, 2.45) is 34.5 Å². The van der Waals surface area contributed by atoms with Crippen molar-refractivity contribution in [3.63, 3.8) is 0 Å². The number of ether oxygens (including phenoxy) is 2. The van der Waals surface area contributed by atoms with E-state index in [1.165, 1.54) is 0 Å². The zero-order valence-electron chi connectivity index (χ0n) is 22.4. The summed E-state index contributed by atoms with van der Waals surface area (Å²) in [5, 5.41) is 13.2. The Labute approximate surface area is 258 Å². The predicted octanol–water partition coefficient (Wildman–Crippen LogP) is 2.05. The van der Waals surface area contributed by atoms with E-state index in [1.807, 2.05) is 25.2 Å². The third-order valence-electron chi connectivity index (χ3n) is 10.6. The molecule has 0 bridgehead atoms. The van der Waals surface area contributed by atoms with Crippen LogP contribution in [0.25, 0.3) is 0 Å². The third kappa shape index (κ3) is 5.22. The number of aldehydes is 1. The fourth-order valence-corrected chi connectivity index (χ4v) is 8.81. The minimum absolute atomic E-state index is 0. The van der Waals surface area contributed by atoms with Gasteiger partial charge in [-0.05, 0) is 106 Å². The first kappa shape index (κ1) is 28.9. The Morgan fingerprint density at radius 2 is 1.97 bits per heavy atom. The summed E-state index contributed by atoms with van der Waals surface area (Å²) >= 11 is 0. The topological polar surface area (TPSA) is 75.7 Å². The van der Waals surface area contributed by atoms with Gasteiger partial charge in [0, 0.05) is 30.4 Å². The van der Waals surface area contributed by atoms with Crippen LogP contribution in [0.5, 0.6) is 0 Å². The zero-order valence-corrected chi connectivity index (χ0v) is 25.6. The summed E-state index contributed by atoms with van der Waals surface area (Å²) < 4.78 is 11.8. The second kappa shape index (κ2) is 11.6. The van der Waals surface area contributed by atoms with Crippen LogP contribution in [0.3, 0.4) is 0 Å². The summed E-state index contributed by atoms with van der Waals surface area (Å²) in [6.07, 6.45) is 18.0. The maximum Gasteiger partial charge on any atom is 1.00 e. The molecule has 4 fully saturated rings. The molecule has 0 aromatic rings. The van der Waals surface area contributed by atoms with E-state index < -0.39 is 5.79 Å². The van der Waals surface area contributed by atoms with Gasteiger partial charge in [-0.25, -0.2) is 0 Å². The second-order valence-electron chi connectivity index (χ2n) is 12.0. The van der Waals surface area contributed by atoms with Gasteiger partial charge in [-0.3, -0.25) is 9.59 Å². The molecule has 7 atom stereocenters. The molecular weight excluding hydrogens is 479 g/mol. The van der Waals surface area contributed by atoms with Crippen molar-refractivity contribution in [1.82, 2.24) is 0 Å². The number of Topliss-reactive ketones (excluding diaryl/α,β-unsaturated/α-hetero) is 1.